The quantitative estimate of drug-likeness (QED) is 0.0957. The number of amides is 2. The van der Waals surface area contributed by atoms with E-state index in [0.29, 0.717) is 4.91 Å². The summed E-state index contributed by atoms with van der Waals surface area (Å²) in [4.78, 5) is 41.9. The molecule has 1 aromatic heterocycles. The van der Waals surface area contributed by atoms with Gasteiger partial charge in [-0.2, -0.15) is 0 Å². The van der Waals surface area contributed by atoms with Crippen molar-refractivity contribution in [3.8, 4) is 0 Å². The Morgan fingerprint density at radius 2 is 2.19 bits per heavy atom. The molecule has 1 aromatic rings. The van der Waals surface area contributed by atoms with E-state index in [1.54, 1.807) is 0 Å². The topological polar surface area (TPSA) is 194 Å². The Kier molecular flexibility index (Phi) is 8.96. The molecule has 1 saturated heterocycles. The molecule has 16 heteroatoms. The van der Waals surface area contributed by atoms with Crippen molar-refractivity contribution < 1.29 is 59.5 Å². The fourth-order valence-corrected chi connectivity index (χ4v) is 5.51. The summed E-state index contributed by atoms with van der Waals surface area (Å²) in [6.45, 7) is 0. The average Bonchev–Trinajstić information content (AvgIpc) is 3.15. The first kappa shape index (κ1) is 25.2. The molecule has 31 heavy (non-hydrogen) atoms. The molecule has 5 N–H and O–H groups in total. The van der Waals surface area contributed by atoms with E-state index in [-0.39, 0.29) is 51.8 Å². The van der Waals surface area contributed by atoms with Crippen molar-refractivity contribution in [2.24, 2.45) is 10.3 Å². The van der Waals surface area contributed by atoms with Crippen molar-refractivity contribution in [1.29, 1.82) is 0 Å². The van der Waals surface area contributed by atoms with Gasteiger partial charge in [0.2, 0.25) is 0 Å². The normalized spacial score (nSPS) is 21.1. The Hall–Kier alpha value is -2.04. The first-order valence-electron chi connectivity index (χ1n) is 8.01. The van der Waals surface area contributed by atoms with Crippen molar-refractivity contribution in [3.05, 3.63) is 33.2 Å². The van der Waals surface area contributed by atoms with Gasteiger partial charge in [-0.1, -0.05) is 22.1 Å². The van der Waals surface area contributed by atoms with Gasteiger partial charge in [0.15, 0.2) is 10.8 Å². The van der Waals surface area contributed by atoms with Crippen LogP contribution >= 0.6 is 34.9 Å². The van der Waals surface area contributed by atoms with Crippen molar-refractivity contribution in [2.45, 2.75) is 11.4 Å². The third-order valence-corrected chi connectivity index (χ3v) is 6.99. The standard InChI is InChI=1S/C15H14N6O6S3.Na/c16-15-18-6(4-30-15)8(20-27)11(22)19-9-12(23)21-10(14(24)25)7(5-29-13(9)21)28-3-1-2-17-26;/h1-4,9,13,26-27H,5H2,(H2,16,18)(H,19,22)(H,24,25);/q;+1/p-1/b3-1+,17-2+,20-8-;/t9?,13-;/m1./s1. The second-order valence-corrected chi connectivity index (χ2v) is 8.65. The number of thiazole rings is 1. The molecular formula is C15H13N6NaO6S3. The smallest absolute Gasteiger partial charge is 0.543 e. The average molecular weight is 492 g/mol. The number of thioether (sulfide) groups is 2. The van der Waals surface area contributed by atoms with Crippen LogP contribution in [0, 0.1) is 0 Å². The van der Waals surface area contributed by atoms with Crippen LogP contribution in [-0.4, -0.2) is 67.2 Å². The molecule has 0 radical (unpaired) electrons. The van der Waals surface area contributed by atoms with Gasteiger partial charge in [0, 0.05) is 16.0 Å². The molecule has 0 aliphatic carbocycles. The van der Waals surface area contributed by atoms with E-state index in [4.69, 9.17) is 16.1 Å². The van der Waals surface area contributed by atoms with Crippen molar-refractivity contribution in [1.82, 2.24) is 15.2 Å². The van der Waals surface area contributed by atoms with E-state index in [1.165, 1.54) is 28.6 Å². The Labute approximate surface area is 209 Å². The predicted molar refractivity (Wildman–Crippen MR) is 109 cm³/mol. The maximum Gasteiger partial charge on any atom is 1.00 e. The molecule has 1 unspecified atom stereocenters. The number of oxime groups is 2. The minimum atomic E-state index is -1.53. The van der Waals surface area contributed by atoms with Gasteiger partial charge in [-0.05, 0) is 11.5 Å². The molecule has 0 aromatic carbocycles. The van der Waals surface area contributed by atoms with Gasteiger partial charge in [0.1, 0.15) is 17.1 Å². The number of allylic oxidation sites excluding steroid dienone is 1. The molecule has 1 fully saturated rings. The molecular weight excluding hydrogens is 479 g/mol. The zero-order valence-electron chi connectivity index (χ0n) is 15.8. The van der Waals surface area contributed by atoms with Crippen LogP contribution in [0.4, 0.5) is 5.13 Å². The molecule has 2 amide bonds. The largest absolute Gasteiger partial charge is 1.00 e. The minimum Gasteiger partial charge on any atom is -0.543 e. The minimum absolute atomic E-state index is 0. The molecule has 0 saturated carbocycles. The number of hydrogen-bond donors (Lipinski definition) is 4. The van der Waals surface area contributed by atoms with E-state index in [9.17, 15) is 19.5 Å². The summed E-state index contributed by atoms with van der Waals surface area (Å²) >= 11 is 3.33. The summed E-state index contributed by atoms with van der Waals surface area (Å²) in [5.74, 6) is -2.78. The van der Waals surface area contributed by atoms with Gasteiger partial charge in [-0.3, -0.25) is 14.5 Å². The van der Waals surface area contributed by atoms with Gasteiger partial charge >= 0.3 is 29.6 Å². The fourth-order valence-electron chi connectivity index (χ4n) is 2.69. The SMILES string of the molecule is Nc1nc(/C(=N/O)C(=O)NC2C(=O)N3C(C(=O)[O-])=C(S/C=C/C=N/O)CS[C@H]23)cs1.[Na+]. The van der Waals surface area contributed by atoms with Gasteiger partial charge in [-0.15, -0.1) is 23.1 Å². The number of rotatable bonds is 7. The molecule has 2 aliphatic heterocycles. The van der Waals surface area contributed by atoms with Crippen LogP contribution in [0.2, 0.25) is 0 Å². The number of fused-ring (bicyclic) bond motifs is 1. The number of aliphatic carboxylic acids is 1. The fraction of sp³-hybridized carbons (Fsp3) is 0.200. The molecule has 2 aliphatic rings. The van der Waals surface area contributed by atoms with E-state index in [0.717, 1.165) is 34.2 Å². The molecule has 0 bridgehead atoms. The predicted octanol–water partition coefficient (Wildman–Crippen LogP) is -4.02. The number of aromatic nitrogens is 1. The number of carboxylic acids is 1. The van der Waals surface area contributed by atoms with Crippen LogP contribution in [0.3, 0.4) is 0 Å². The summed E-state index contributed by atoms with van der Waals surface area (Å²) in [6, 6.07) is -1.02. The number of nitrogens with one attached hydrogen (secondary N) is 1. The maximum absolute atomic E-state index is 12.6. The van der Waals surface area contributed by atoms with Crippen LogP contribution in [0.15, 0.2) is 37.8 Å². The molecule has 0 spiro atoms. The molecule has 12 nitrogen and oxygen atoms in total. The number of hydrogen-bond acceptors (Lipinski definition) is 13. The molecule has 158 valence electrons. The Morgan fingerprint density at radius 1 is 1.45 bits per heavy atom. The van der Waals surface area contributed by atoms with E-state index in [1.807, 2.05) is 0 Å². The Balaban J connectivity index is 0.00000341. The summed E-state index contributed by atoms with van der Waals surface area (Å²) in [5.41, 5.74) is 4.85. The summed E-state index contributed by atoms with van der Waals surface area (Å²) in [5, 5.41) is 39.7. The van der Waals surface area contributed by atoms with Crippen LogP contribution in [-0.2, 0) is 14.4 Å². The second-order valence-electron chi connectivity index (χ2n) is 5.65. The van der Waals surface area contributed by atoms with Gasteiger partial charge in [0.05, 0.1) is 17.9 Å². The van der Waals surface area contributed by atoms with Gasteiger partial charge in [0.25, 0.3) is 11.8 Å². The van der Waals surface area contributed by atoms with Crippen molar-refractivity contribution >= 4 is 69.7 Å². The van der Waals surface area contributed by atoms with E-state index < -0.39 is 34.9 Å². The monoisotopic (exact) mass is 492 g/mol. The molecule has 3 rings (SSSR count). The third-order valence-electron chi connectivity index (χ3n) is 3.93. The van der Waals surface area contributed by atoms with Crippen molar-refractivity contribution in [3.63, 3.8) is 0 Å². The van der Waals surface area contributed by atoms with Crippen LogP contribution in [0.5, 0.6) is 0 Å². The maximum atomic E-state index is 12.6. The van der Waals surface area contributed by atoms with Gasteiger partial charge < -0.3 is 31.4 Å². The zero-order chi connectivity index (χ0) is 21.8. The molecule has 3 heterocycles. The van der Waals surface area contributed by atoms with Crippen LogP contribution in [0.25, 0.3) is 0 Å². The first-order valence-corrected chi connectivity index (χ1v) is 10.8. The number of anilines is 1. The van der Waals surface area contributed by atoms with Gasteiger partial charge in [-0.25, -0.2) is 4.98 Å². The number of carboxylic acid groups (broad SMARTS) is 1. The first-order chi connectivity index (χ1) is 14.4. The van der Waals surface area contributed by atoms with Crippen molar-refractivity contribution in [2.75, 3.05) is 11.5 Å². The number of nitrogens with two attached hydrogens (primary N) is 1. The summed E-state index contributed by atoms with van der Waals surface area (Å²) in [6.07, 6.45) is 2.49. The zero-order valence-corrected chi connectivity index (χ0v) is 20.2. The Bertz CT molecular complexity index is 1010. The third kappa shape index (κ3) is 5.24. The summed E-state index contributed by atoms with van der Waals surface area (Å²) in [7, 11) is 0. The summed E-state index contributed by atoms with van der Waals surface area (Å²) < 4.78 is 0. The number of carbonyl (C=O) groups is 3. The Morgan fingerprint density at radius 3 is 2.77 bits per heavy atom. The molecule has 2 atom stereocenters. The van der Waals surface area contributed by atoms with E-state index in [2.05, 4.69) is 20.6 Å². The number of nitrogen functional groups attached to an aromatic ring is 1. The number of β-lactam (4-membered cyclic amide) rings is 1. The van der Waals surface area contributed by atoms with E-state index >= 15 is 0 Å². The number of carbonyl (C=O) groups excluding carboxylic acids is 3. The number of nitrogens with zero attached hydrogens (tertiary/aromatic N) is 4. The van der Waals surface area contributed by atoms with Crippen LogP contribution in [0.1, 0.15) is 5.69 Å². The second kappa shape index (κ2) is 11.0. The van der Waals surface area contributed by atoms with Crippen LogP contribution < -0.4 is 45.7 Å².